The van der Waals surface area contributed by atoms with E-state index < -0.39 is 23.5 Å². The Balaban J connectivity index is 0.978. The van der Waals surface area contributed by atoms with Crippen molar-refractivity contribution in [3.8, 4) is 67.4 Å². The minimum atomic E-state index is -5.16. The molecule has 16 rings (SSSR count). The van der Waals surface area contributed by atoms with E-state index in [1.807, 2.05) is 228 Å². The number of benzene rings is 7. The van der Waals surface area contributed by atoms with E-state index >= 15 is 26.3 Å². The number of aromatic nitrogens is 7. The number of nitrogens with zero attached hydrogens (tertiary/aromatic N) is 7. The Morgan fingerprint density at radius 1 is 0.319 bits per heavy atom. The number of halogens is 6. The third kappa shape index (κ3) is 10.7. The number of hydrogen-bond donors (Lipinski definition) is 0. The molecule has 2 aliphatic rings. The van der Waals surface area contributed by atoms with Crippen LogP contribution in [0.2, 0.25) is 0 Å². The summed E-state index contributed by atoms with van der Waals surface area (Å²) in [5, 5.41) is 8.20. The van der Waals surface area contributed by atoms with E-state index in [4.69, 9.17) is 24.9 Å². The van der Waals surface area contributed by atoms with E-state index in [0.717, 1.165) is 134 Å². The fraction of sp³-hybridized carbons (Fsp3) is 0.0494. The molecule has 0 aliphatic heterocycles. The minimum absolute atomic E-state index is 0.0501. The molecule has 7 heterocycles. The Hall–Kier alpha value is -11.8. The van der Waals surface area contributed by atoms with Crippen molar-refractivity contribution in [2.75, 3.05) is 0 Å². The Morgan fingerprint density at radius 3 is 1.18 bits per heavy atom. The van der Waals surface area contributed by atoms with Gasteiger partial charge in [0.2, 0.25) is 0 Å². The molecular weight excluding hydrogens is 1180 g/mol. The van der Waals surface area contributed by atoms with Gasteiger partial charge in [-0.2, -0.15) is 26.3 Å². The zero-order valence-corrected chi connectivity index (χ0v) is 49.9. The molecule has 0 fully saturated rings. The molecule has 7 aromatic carbocycles. The van der Waals surface area contributed by atoms with E-state index in [2.05, 4.69) is 24.3 Å². The maximum absolute atomic E-state index is 15.3. The van der Waals surface area contributed by atoms with Gasteiger partial charge in [-0.05, 0) is 124 Å². The van der Waals surface area contributed by atoms with E-state index in [1.165, 1.54) is 0 Å². The maximum atomic E-state index is 15.3. The van der Waals surface area contributed by atoms with Crippen LogP contribution in [0.25, 0.3) is 122 Å². The molecule has 0 unspecified atom stereocenters. The van der Waals surface area contributed by atoms with Crippen LogP contribution in [0.15, 0.2) is 286 Å². The summed E-state index contributed by atoms with van der Waals surface area (Å²) >= 11 is 0. The number of rotatable bonds is 7. The van der Waals surface area contributed by atoms with Crippen molar-refractivity contribution in [3.05, 3.63) is 329 Å². The van der Waals surface area contributed by atoms with Gasteiger partial charge in [-0.1, -0.05) is 182 Å². The molecular formula is C81H51F6N7. The van der Waals surface area contributed by atoms with Crippen molar-refractivity contribution < 1.29 is 26.3 Å². The lowest BCUT2D eigenvalue weighted by atomic mass is 9.98. The molecule has 452 valence electrons. The van der Waals surface area contributed by atoms with Gasteiger partial charge in [0.05, 0.1) is 67.2 Å². The van der Waals surface area contributed by atoms with Gasteiger partial charge in [0.1, 0.15) is 5.82 Å². The Kier molecular flexibility index (Phi) is 14.1. The lowest BCUT2D eigenvalue weighted by molar-refractivity contribution is -0.143. The van der Waals surface area contributed by atoms with Gasteiger partial charge in [-0.15, -0.1) is 0 Å². The molecule has 7 nitrogen and oxygen atoms in total. The molecule has 0 saturated carbocycles. The second kappa shape index (κ2) is 23.1. The van der Waals surface area contributed by atoms with E-state index in [-0.39, 0.29) is 28.7 Å². The van der Waals surface area contributed by atoms with Crippen LogP contribution in [0.3, 0.4) is 0 Å². The van der Waals surface area contributed by atoms with Crippen LogP contribution < -0.4 is 10.7 Å². The molecule has 0 bridgehead atoms. The summed E-state index contributed by atoms with van der Waals surface area (Å²) in [6.45, 7) is 0. The SMILES string of the molecule is FC(F)(F)c1cc(-c2cc(-n3c4cc(=c5ccc(=C6C=CC=CC6)nc5)ccc4c4ccc(=c5ccc(=C6C=CC=CC6)nc5)cc43)ncc2-n2c3cc(-c4ccc(-c5ccccc5)nc4)ccc3c3ccc(-c4ccc(-c5ccccc5)nc4)cc32)cc(C(F)(F)F)c1. The Labute approximate surface area is 533 Å². The Bertz CT molecular complexity index is 5490. The molecule has 94 heavy (non-hydrogen) atoms. The van der Waals surface area contributed by atoms with Crippen molar-refractivity contribution in [2.45, 2.75) is 25.2 Å². The highest BCUT2D eigenvalue weighted by atomic mass is 19.4. The first-order chi connectivity index (χ1) is 45.8. The smallest absolute Gasteiger partial charge is 0.307 e. The summed E-state index contributed by atoms with van der Waals surface area (Å²) in [7, 11) is 0. The normalized spacial score (nSPS) is 15.3. The third-order valence-electron chi connectivity index (χ3n) is 17.7. The maximum Gasteiger partial charge on any atom is 0.416 e. The number of pyridine rings is 5. The first kappa shape index (κ1) is 57.3. The van der Waals surface area contributed by atoms with Gasteiger partial charge in [-0.3, -0.25) is 24.5 Å². The summed E-state index contributed by atoms with van der Waals surface area (Å²) in [5.41, 5.74) is 8.32. The second-order valence-electron chi connectivity index (χ2n) is 23.4. The largest absolute Gasteiger partial charge is 0.416 e. The summed E-state index contributed by atoms with van der Waals surface area (Å²) in [6, 6.07) is 63.0. The van der Waals surface area contributed by atoms with Gasteiger partial charge >= 0.3 is 12.4 Å². The van der Waals surface area contributed by atoms with E-state index in [9.17, 15) is 0 Å². The van der Waals surface area contributed by atoms with Crippen LogP contribution in [0, 0.1) is 20.9 Å². The van der Waals surface area contributed by atoms with Crippen LogP contribution in [-0.4, -0.2) is 34.1 Å². The van der Waals surface area contributed by atoms with Crippen molar-refractivity contribution in [2.24, 2.45) is 0 Å². The van der Waals surface area contributed by atoms with Crippen molar-refractivity contribution >= 4 is 54.8 Å². The van der Waals surface area contributed by atoms with Gasteiger partial charge in [0.15, 0.2) is 0 Å². The number of alkyl halides is 6. The zero-order valence-electron chi connectivity index (χ0n) is 49.9. The topological polar surface area (TPSA) is 74.3 Å². The Morgan fingerprint density at radius 2 is 0.766 bits per heavy atom. The van der Waals surface area contributed by atoms with Gasteiger partial charge in [0.25, 0.3) is 0 Å². The molecule has 7 aromatic heterocycles. The highest BCUT2D eigenvalue weighted by Crippen LogP contribution is 2.45. The van der Waals surface area contributed by atoms with Gasteiger partial charge in [0, 0.05) is 84.6 Å². The molecule has 0 N–H and O–H groups in total. The van der Waals surface area contributed by atoms with E-state index in [0.29, 0.717) is 22.1 Å². The van der Waals surface area contributed by atoms with Crippen LogP contribution in [0.5, 0.6) is 0 Å². The predicted molar refractivity (Wildman–Crippen MR) is 361 cm³/mol. The van der Waals surface area contributed by atoms with Crippen LogP contribution in [0.4, 0.5) is 26.3 Å². The summed E-state index contributed by atoms with van der Waals surface area (Å²) in [5.74, 6) is 0.236. The fourth-order valence-corrected chi connectivity index (χ4v) is 12.9. The summed E-state index contributed by atoms with van der Waals surface area (Å²) in [6.07, 6.45) is 16.3. The van der Waals surface area contributed by atoms with Crippen molar-refractivity contribution in [1.29, 1.82) is 0 Å². The molecule has 0 radical (unpaired) electrons. The number of allylic oxidation sites excluding steroid dienone is 8. The fourth-order valence-electron chi connectivity index (χ4n) is 12.9. The number of hydrogen-bond acceptors (Lipinski definition) is 5. The first-order valence-electron chi connectivity index (χ1n) is 30.7. The minimum Gasteiger partial charge on any atom is -0.307 e. The quantitative estimate of drug-likeness (QED) is 0.149. The molecule has 0 spiro atoms. The third-order valence-corrected chi connectivity index (χ3v) is 17.7. The molecule has 14 aromatic rings. The molecule has 0 amide bonds. The molecule has 13 heteroatoms. The van der Waals surface area contributed by atoms with Gasteiger partial charge < -0.3 is 4.57 Å². The van der Waals surface area contributed by atoms with Gasteiger partial charge in [-0.25, -0.2) is 4.98 Å². The highest BCUT2D eigenvalue weighted by molar-refractivity contribution is 6.12. The highest BCUT2D eigenvalue weighted by Gasteiger charge is 2.38. The predicted octanol–water partition coefficient (Wildman–Crippen LogP) is 19.1. The standard InChI is InChI=1S/C81H51F6N7/c82-80(83,84)63-37-62(38-64(43-63)81(85,86)87)69-44-79(94-76-41-56(60-27-35-72(90-47-60)52-17-9-3-10-18-52)23-31-67(76)68-32-24-57(42-77(68)94)61-28-36-73(91-48-61)53-19-11-4-12-20-53)92-49-78(69)93-74-39-54(58-25-33-70(88-45-58)50-13-5-1-6-14-50)21-29-65(74)66-30-22-55(40-75(66)93)59-26-34-71(89-46-59)51-15-7-2-8-16-51/h1-17,19,21-49H,18,20H2. The first-order valence-corrected chi connectivity index (χ1v) is 30.7. The van der Waals surface area contributed by atoms with Crippen molar-refractivity contribution in [1.82, 2.24) is 34.1 Å². The van der Waals surface area contributed by atoms with Crippen molar-refractivity contribution in [3.63, 3.8) is 0 Å². The average Bonchev–Trinajstić information content (AvgIpc) is 1.56. The van der Waals surface area contributed by atoms with Crippen LogP contribution >= 0.6 is 0 Å². The lowest BCUT2D eigenvalue weighted by Gasteiger charge is -2.19. The molecule has 0 atom stereocenters. The zero-order chi connectivity index (χ0) is 63.7. The molecule has 0 saturated heterocycles. The lowest BCUT2D eigenvalue weighted by Crippen LogP contribution is -2.11. The number of fused-ring (bicyclic) bond motifs is 6. The average molecular weight is 1240 g/mol. The monoisotopic (exact) mass is 1240 g/mol. The molecule has 2 aliphatic carbocycles. The van der Waals surface area contributed by atoms with Crippen LogP contribution in [0.1, 0.15) is 24.0 Å². The second-order valence-corrected chi connectivity index (χ2v) is 23.4. The summed E-state index contributed by atoms with van der Waals surface area (Å²) < 4.78 is 95.7. The van der Waals surface area contributed by atoms with Crippen LogP contribution in [-0.2, 0) is 12.4 Å². The van der Waals surface area contributed by atoms with E-state index in [1.54, 1.807) is 24.7 Å². The summed E-state index contributed by atoms with van der Waals surface area (Å²) in [4.78, 5) is 24.8.